The van der Waals surface area contributed by atoms with Crippen LogP contribution >= 0.6 is 27.5 Å². The summed E-state index contributed by atoms with van der Waals surface area (Å²) < 4.78 is 0.413. The van der Waals surface area contributed by atoms with Crippen LogP contribution in [0.2, 0.25) is 5.15 Å². The van der Waals surface area contributed by atoms with E-state index in [0.717, 1.165) is 0 Å². The first-order valence-corrected chi connectivity index (χ1v) is 4.66. The Bertz CT molecular complexity index is 475. The molecule has 0 saturated carbocycles. The number of halogens is 2. The monoisotopic (exact) mass is 258 g/mol. The van der Waals surface area contributed by atoms with Crippen LogP contribution < -0.4 is 0 Å². The highest BCUT2D eigenvalue weighted by Gasteiger charge is 2.07. The van der Waals surface area contributed by atoms with Crippen molar-refractivity contribution in [3.05, 3.63) is 28.1 Å². The molecule has 0 unspecified atom stereocenters. The number of fused-ring (bicyclic) bond motifs is 1. The van der Waals surface area contributed by atoms with Crippen LogP contribution in [0, 0.1) is 0 Å². The molecule has 66 valence electrons. The lowest BCUT2D eigenvalue weighted by Gasteiger charge is -2.01. The molecule has 0 aliphatic heterocycles. The maximum Gasteiger partial charge on any atom is 0.198 e. The van der Waals surface area contributed by atoms with E-state index in [2.05, 4.69) is 25.9 Å². The van der Waals surface area contributed by atoms with Crippen LogP contribution in [0.5, 0.6) is 5.75 Å². The van der Waals surface area contributed by atoms with Crippen LogP contribution in [0.4, 0.5) is 0 Å². The zero-order chi connectivity index (χ0) is 9.42. The molecule has 0 saturated heterocycles. The zero-order valence-electron chi connectivity index (χ0n) is 6.33. The van der Waals surface area contributed by atoms with E-state index in [1.54, 1.807) is 18.2 Å². The van der Waals surface area contributed by atoms with Gasteiger partial charge in [-0.25, -0.2) is 9.97 Å². The molecule has 13 heavy (non-hydrogen) atoms. The Kier molecular flexibility index (Phi) is 2.09. The summed E-state index contributed by atoms with van der Waals surface area (Å²) in [5, 5.41) is 10.2. The largest absolute Gasteiger partial charge is 0.507 e. The van der Waals surface area contributed by atoms with E-state index >= 15 is 0 Å². The van der Waals surface area contributed by atoms with Crippen molar-refractivity contribution in [3.8, 4) is 5.75 Å². The van der Waals surface area contributed by atoms with E-state index in [1.165, 1.54) is 0 Å². The van der Waals surface area contributed by atoms with Crippen molar-refractivity contribution in [1.82, 2.24) is 9.97 Å². The van der Waals surface area contributed by atoms with Gasteiger partial charge in [0.25, 0.3) is 0 Å². The molecule has 2 aromatic rings. The van der Waals surface area contributed by atoms with E-state index in [1.807, 2.05) is 0 Å². The Hall–Kier alpha value is -0.870. The quantitative estimate of drug-likeness (QED) is 0.584. The summed E-state index contributed by atoms with van der Waals surface area (Å²) in [5.74, 6) is 0.0926. The maximum absolute atomic E-state index is 9.46. The van der Waals surface area contributed by atoms with Crippen LogP contribution in [0.1, 0.15) is 0 Å². The van der Waals surface area contributed by atoms with Gasteiger partial charge in [-0.2, -0.15) is 0 Å². The molecule has 1 aromatic heterocycles. The average Bonchev–Trinajstić information content (AvgIpc) is 2.02. The van der Waals surface area contributed by atoms with Gasteiger partial charge >= 0.3 is 0 Å². The lowest BCUT2D eigenvalue weighted by molar-refractivity contribution is 0.481. The zero-order valence-corrected chi connectivity index (χ0v) is 8.67. The molecule has 0 amide bonds. The fraction of sp³-hybridized carbons (Fsp3) is 0. The summed E-state index contributed by atoms with van der Waals surface area (Å²) in [6.45, 7) is 0. The Morgan fingerprint density at radius 2 is 2.08 bits per heavy atom. The molecule has 0 radical (unpaired) electrons. The second-order valence-electron chi connectivity index (χ2n) is 2.45. The van der Waals surface area contributed by atoms with Crippen molar-refractivity contribution in [3.63, 3.8) is 0 Å². The molecular formula is C8H4BrClN2O. The van der Waals surface area contributed by atoms with Crippen molar-refractivity contribution in [2.75, 3.05) is 0 Å². The van der Waals surface area contributed by atoms with Crippen LogP contribution in [0.25, 0.3) is 10.9 Å². The molecular weight excluding hydrogens is 255 g/mol. The number of phenols is 1. The molecule has 1 aromatic carbocycles. The second-order valence-corrected chi connectivity index (χ2v) is 3.52. The SMILES string of the molecule is Oc1cccc2nc(Br)nc(Cl)c12. The Labute approximate surface area is 87.5 Å². The number of phenolic OH excluding ortho intramolecular Hbond substituents is 1. The van der Waals surface area contributed by atoms with E-state index in [9.17, 15) is 5.11 Å². The van der Waals surface area contributed by atoms with Gasteiger partial charge in [0, 0.05) is 0 Å². The molecule has 3 nitrogen and oxygen atoms in total. The van der Waals surface area contributed by atoms with Gasteiger partial charge in [0.05, 0.1) is 10.9 Å². The van der Waals surface area contributed by atoms with Crippen molar-refractivity contribution < 1.29 is 5.11 Å². The summed E-state index contributed by atoms with van der Waals surface area (Å²) in [5.41, 5.74) is 0.617. The summed E-state index contributed by atoms with van der Waals surface area (Å²) >= 11 is 8.95. The first-order chi connectivity index (χ1) is 6.18. The summed E-state index contributed by atoms with van der Waals surface area (Å²) in [6, 6.07) is 5.01. The van der Waals surface area contributed by atoms with Gasteiger partial charge in [-0.05, 0) is 28.1 Å². The minimum Gasteiger partial charge on any atom is -0.507 e. The fourth-order valence-electron chi connectivity index (χ4n) is 1.09. The van der Waals surface area contributed by atoms with E-state index in [4.69, 9.17) is 11.6 Å². The first kappa shape index (κ1) is 8.72. The van der Waals surface area contributed by atoms with Gasteiger partial charge in [0.2, 0.25) is 0 Å². The van der Waals surface area contributed by atoms with Crippen LogP contribution in [-0.2, 0) is 0 Å². The molecule has 5 heteroatoms. The second kappa shape index (κ2) is 3.12. The van der Waals surface area contributed by atoms with Gasteiger partial charge < -0.3 is 5.11 Å². The van der Waals surface area contributed by atoms with E-state index in [-0.39, 0.29) is 10.9 Å². The number of nitrogens with zero attached hydrogens (tertiary/aromatic N) is 2. The van der Waals surface area contributed by atoms with Crippen molar-refractivity contribution in [1.29, 1.82) is 0 Å². The Morgan fingerprint density at radius 1 is 1.31 bits per heavy atom. The van der Waals surface area contributed by atoms with E-state index in [0.29, 0.717) is 15.6 Å². The smallest absolute Gasteiger partial charge is 0.198 e. The van der Waals surface area contributed by atoms with Crippen LogP contribution in [0.15, 0.2) is 22.9 Å². The number of rotatable bonds is 0. The van der Waals surface area contributed by atoms with Crippen LogP contribution in [-0.4, -0.2) is 15.1 Å². The summed E-state index contributed by atoms with van der Waals surface area (Å²) in [7, 11) is 0. The standard InChI is InChI=1S/C8H4BrClN2O/c9-8-11-4-2-1-3-5(13)6(4)7(10)12-8/h1-3,13H. The predicted molar refractivity (Wildman–Crippen MR) is 53.9 cm³/mol. The van der Waals surface area contributed by atoms with Crippen molar-refractivity contribution in [2.45, 2.75) is 0 Å². The number of aromatic hydroxyl groups is 1. The Morgan fingerprint density at radius 3 is 2.85 bits per heavy atom. The number of hydrogen-bond acceptors (Lipinski definition) is 3. The fourth-order valence-corrected chi connectivity index (χ4v) is 1.84. The molecule has 2 rings (SSSR count). The lowest BCUT2D eigenvalue weighted by Crippen LogP contribution is -1.86. The highest BCUT2D eigenvalue weighted by molar-refractivity contribution is 9.10. The topological polar surface area (TPSA) is 46.0 Å². The molecule has 0 bridgehead atoms. The third kappa shape index (κ3) is 1.47. The third-order valence-electron chi connectivity index (χ3n) is 1.63. The van der Waals surface area contributed by atoms with Crippen LogP contribution in [0.3, 0.4) is 0 Å². The van der Waals surface area contributed by atoms with Gasteiger partial charge in [-0.3, -0.25) is 0 Å². The minimum atomic E-state index is 0.0926. The third-order valence-corrected chi connectivity index (χ3v) is 2.26. The molecule has 0 aliphatic carbocycles. The highest BCUT2D eigenvalue weighted by atomic mass is 79.9. The van der Waals surface area contributed by atoms with Crippen molar-refractivity contribution in [2.24, 2.45) is 0 Å². The van der Waals surface area contributed by atoms with E-state index < -0.39 is 0 Å². The number of aromatic nitrogens is 2. The van der Waals surface area contributed by atoms with Crippen molar-refractivity contribution >= 4 is 38.4 Å². The minimum absolute atomic E-state index is 0.0926. The average molecular weight is 259 g/mol. The number of benzene rings is 1. The van der Waals surface area contributed by atoms with Gasteiger partial charge in [0.1, 0.15) is 10.9 Å². The normalized spacial score (nSPS) is 10.6. The predicted octanol–water partition coefficient (Wildman–Crippen LogP) is 2.75. The molecule has 1 heterocycles. The molecule has 0 fully saturated rings. The highest BCUT2D eigenvalue weighted by Crippen LogP contribution is 2.29. The maximum atomic E-state index is 9.46. The first-order valence-electron chi connectivity index (χ1n) is 3.49. The van der Waals surface area contributed by atoms with Gasteiger partial charge in [-0.1, -0.05) is 17.7 Å². The van der Waals surface area contributed by atoms with Gasteiger partial charge in [-0.15, -0.1) is 0 Å². The summed E-state index contributed by atoms with van der Waals surface area (Å²) in [4.78, 5) is 7.93. The molecule has 0 aliphatic rings. The molecule has 0 atom stereocenters. The number of hydrogen-bond donors (Lipinski definition) is 1. The summed E-state index contributed by atoms with van der Waals surface area (Å²) in [6.07, 6.45) is 0. The molecule has 0 spiro atoms. The Balaban J connectivity index is 2.94. The van der Waals surface area contributed by atoms with Gasteiger partial charge in [0.15, 0.2) is 4.73 Å². The molecule has 1 N–H and O–H groups in total. The lowest BCUT2D eigenvalue weighted by atomic mass is 10.2.